The van der Waals surface area contributed by atoms with Crippen LogP contribution in [0.4, 0.5) is 0 Å². The number of carbonyl (C=O) groups excluding carboxylic acids is 2. The molecule has 0 saturated carbocycles. The Morgan fingerprint density at radius 1 is 1.24 bits per heavy atom. The maximum atomic E-state index is 12.2. The lowest BCUT2D eigenvalue weighted by Gasteiger charge is -2.30. The minimum Gasteiger partial charge on any atom is -0.339 e. The molecule has 0 bridgehead atoms. The van der Waals surface area contributed by atoms with Gasteiger partial charge in [0.15, 0.2) is 0 Å². The van der Waals surface area contributed by atoms with E-state index in [9.17, 15) is 9.59 Å². The first kappa shape index (κ1) is 18.0. The molecule has 122 valence electrons. The fourth-order valence-corrected chi connectivity index (χ4v) is 2.88. The van der Waals surface area contributed by atoms with Gasteiger partial charge in [0.2, 0.25) is 11.8 Å². The highest BCUT2D eigenvalue weighted by atomic mass is 16.2. The molecule has 1 heterocycles. The fourth-order valence-electron chi connectivity index (χ4n) is 2.88. The van der Waals surface area contributed by atoms with Gasteiger partial charge in [-0.25, -0.2) is 0 Å². The zero-order valence-electron chi connectivity index (χ0n) is 14.2. The summed E-state index contributed by atoms with van der Waals surface area (Å²) >= 11 is 0. The van der Waals surface area contributed by atoms with Crippen molar-refractivity contribution in [1.29, 1.82) is 0 Å². The van der Waals surface area contributed by atoms with Gasteiger partial charge in [-0.1, -0.05) is 27.7 Å². The molecule has 2 amide bonds. The van der Waals surface area contributed by atoms with E-state index in [1.807, 2.05) is 4.90 Å². The molecular weight excluding hydrogens is 266 g/mol. The summed E-state index contributed by atoms with van der Waals surface area (Å²) in [4.78, 5) is 27.7. The van der Waals surface area contributed by atoms with Gasteiger partial charge in [-0.3, -0.25) is 9.59 Å². The maximum Gasteiger partial charge on any atom is 0.242 e. The molecule has 0 radical (unpaired) electrons. The van der Waals surface area contributed by atoms with E-state index < -0.39 is 0 Å². The van der Waals surface area contributed by atoms with Crippen molar-refractivity contribution in [2.24, 2.45) is 11.3 Å². The Bertz CT molecular complexity index is 357. The van der Waals surface area contributed by atoms with E-state index in [1.165, 1.54) is 0 Å². The highest BCUT2D eigenvalue weighted by Gasteiger charge is 2.22. The van der Waals surface area contributed by atoms with Gasteiger partial charge in [-0.05, 0) is 17.8 Å². The van der Waals surface area contributed by atoms with E-state index in [4.69, 9.17) is 0 Å². The third kappa shape index (κ3) is 6.93. The molecule has 5 nitrogen and oxygen atoms in total. The summed E-state index contributed by atoms with van der Waals surface area (Å²) in [5.41, 5.74) is 0.231. The molecule has 0 spiro atoms. The maximum absolute atomic E-state index is 12.2. The summed E-state index contributed by atoms with van der Waals surface area (Å²) < 4.78 is 0. The van der Waals surface area contributed by atoms with Crippen LogP contribution in [0.3, 0.4) is 0 Å². The van der Waals surface area contributed by atoms with Crippen LogP contribution in [-0.2, 0) is 9.59 Å². The predicted octanol–water partition coefficient (Wildman–Crippen LogP) is 1.34. The van der Waals surface area contributed by atoms with Gasteiger partial charge in [-0.2, -0.15) is 0 Å². The third-order valence-electron chi connectivity index (χ3n) is 3.75. The quantitative estimate of drug-likeness (QED) is 0.833. The van der Waals surface area contributed by atoms with Crippen molar-refractivity contribution >= 4 is 11.8 Å². The number of nitrogens with zero attached hydrogens (tertiary/aromatic N) is 2. The molecule has 0 aliphatic carbocycles. The van der Waals surface area contributed by atoms with E-state index >= 15 is 0 Å². The molecule has 0 aromatic rings. The largest absolute Gasteiger partial charge is 0.339 e. The Morgan fingerprint density at radius 3 is 2.33 bits per heavy atom. The highest BCUT2D eigenvalue weighted by Crippen LogP contribution is 2.26. The number of piperazine rings is 1. The molecule has 1 aliphatic heterocycles. The summed E-state index contributed by atoms with van der Waals surface area (Å²) in [5.74, 6) is 0.459. The standard InChI is InChI=1S/C16H31N3O2/c1-13(11-16(2,3)4)10-14(20)18(5)12-15(21)19-8-6-17-7-9-19/h13,17H,6-12H2,1-5H3. The molecule has 1 atom stereocenters. The second-order valence-corrected chi connectivity index (χ2v) is 7.45. The van der Waals surface area contributed by atoms with Crippen LogP contribution in [0.25, 0.3) is 0 Å². The highest BCUT2D eigenvalue weighted by molar-refractivity contribution is 5.84. The van der Waals surface area contributed by atoms with Crippen molar-refractivity contribution in [2.75, 3.05) is 39.8 Å². The van der Waals surface area contributed by atoms with Crippen LogP contribution in [0.2, 0.25) is 0 Å². The molecule has 5 heteroatoms. The van der Waals surface area contributed by atoms with E-state index in [1.54, 1.807) is 11.9 Å². The molecule has 21 heavy (non-hydrogen) atoms. The first-order valence-electron chi connectivity index (χ1n) is 7.91. The Balaban J connectivity index is 2.38. The zero-order valence-corrected chi connectivity index (χ0v) is 14.2. The molecule has 0 aromatic heterocycles. The Kier molecular flexibility index (Phi) is 6.65. The molecule has 1 unspecified atom stereocenters. The van der Waals surface area contributed by atoms with Gasteiger partial charge < -0.3 is 15.1 Å². The lowest BCUT2D eigenvalue weighted by molar-refractivity contribution is -0.140. The fraction of sp³-hybridized carbons (Fsp3) is 0.875. The van der Waals surface area contributed by atoms with Crippen LogP contribution in [0.1, 0.15) is 40.5 Å². The molecule has 1 rings (SSSR count). The molecule has 1 fully saturated rings. The minimum absolute atomic E-state index is 0.0517. The van der Waals surface area contributed by atoms with Gasteiger partial charge in [0.1, 0.15) is 0 Å². The van der Waals surface area contributed by atoms with Gasteiger partial charge in [-0.15, -0.1) is 0 Å². The van der Waals surface area contributed by atoms with Crippen molar-refractivity contribution < 1.29 is 9.59 Å². The molecular formula is C16H31N3O2. The average molecular weight is 297 g/mol. The minimum atomic E-state index is 0.0517. The summed E-state index contributed by atoms with van der Waals surface area (Å²) in [6.45, 7) is 12.0. The summed E-state index contributed by atoms with van der Waals surface area (Å²) in [7, 11) is 1.73. The number of hydrogen-bond donors (Lipinski definition) is 1. The van der Waals surface area contributed by atoms with Crippen LogP contribution in [0.5, 0.6) is 0 Å². The third-order valence-corrected chi connectivity index (χ3v) is 3.75. The Morgan fingerprint density at radius 2 is 1.81 bits per heavy atom. The van der Waals surface area contributed by atoms with E-state index in [0.717, 1.165) is 32.6 Å². The van der Waals surface area contributed by atoms with Crippen molar-refractivity contribution in [2.45, 2.75) is 40.5 Å². The van der Waals surface area contributed by atoms with Crippen LogP contribution in [-0.4, -0.2) is 61.4 Å². The Hall–Kier alpha value is -1.10. The van der Waals surface area contributed by atoms with Crippen molar-refractivity contribution in [1.82, 2.24) is 15.1 Å². The normalized spacial score (nSPS) is 17.5. The number of nitrogens with one attached hydrogen (secondary N) is 1. The molecule has 1 aliphatic rings. The van der Waals surface area contributed by atoms with Crippen LogP contribution in [0, 0.1) is 11.3 Å². The summed E-state index contributed by atoms with van der Waals surface area (Å²) in [5, 5.41) is 3.22. The van der Waals surface area contributed by atoms with Crippen LogP contribution < -0.4 is 5.32 Å². The first-order chi connectivity index (χ1) is 9.69. The second-order valence-electron chi connectivity index (χ2n) is 7.45. The SMILES string of the molecule is CC(CC(=O)N(C)CC(=O)N1CCNCC1)CC(C)(C)C. The topological polar surface area (TPSA) is 52.7 Å². The van der Waals surface area contributed by atoms with Crippen LogP contribution in [0.15, 0.2) is 0 Å². The second kappa shape index (κ2) is 7.78. The average Bonchev–Trinajstić information content (AvgIpc) is 2.37. The van der Waals surface area contributed by atoms with Gasteiger partial charge in [0, 0.05) is 39.6 Å². The number of amides is 2. The molecule has 1 saturated heterocycles. The van der Waals surface area contributed by atoms with Crippen molar-refractivity contribution in [3.63, 3.8) is 0 Å². The van der Waals surface area contributed by atoms with Gasteiger partial charge >= 0.3 is 0 Å². The molecule has 1 N–H and O–H groups in total. The summed E-state index contributed by atoms with van der Waals surface area (Å²) in [6.07, 6.45) is 1.53. The lowest BCUT2D eigenvalue weighted by atomic mass is 9.84. The zero-order chi connectivity index (χ0) is 16.0. The lowest BCUT2D eigenvalue weighted by Crippen LogP contribution is -2.49. The number of hydrogen-bond acceptors (Lipinski definition) is 3. The van der Waals surface area contributed by atoms with E-state index in [-0.39, 0.29) is 23.8 Å². The first-order valence-corrected chi connectivity index (χ1v) is 7.91. The number of carbonyl (C=O) groups is 2. The van der Waals surface area contributed by atoms with Crippen molar-refractivity contribution in [3.05, 3.63) is 0 Å². The predicted molar refractivity (Wildman–Crippen MR) is 84.9 cm³/mol. The smallest absolute Gasteiger partial charge is 0.242 e. The summed E-state index contributed by atoms with van der Waals surface area (Å²) in [6, 6.07) is 0. The van der Waals surface area contributed by atoms with Gasteiger partial charge in [0.25, 0.3) is 0 Å². The monoisotopic (exact) mass is 297 g/mol. The van der Waals surface area contributed by atoms with E-state index in [2.05, 4.69) is 33.0 Å². The number of likely N-dealkylation sites (N-methyl/N-ethyl adjacent to an activating group) is 1. The van der Waals surface area contributed by atoms with Crippen molar-refractivity contribution in [3.8, 4) is 0 Å². The number of rotatable bonds is 5. The molecule has 0 aromatic carbocycles. The van der Waals surface area contributed by atoms with E-state index in [0.29, 0.717) is 12.3 Å². The van der Waals surface area contributed by atoms with Gasteiger partial charge in [0.05, 0.1) is 6.54 Å². The Labute approximate surface area is 129 Å². The van der Waals surface area contributed by atoms with Crippen LogP contribution >= 0.6 is 0 Å².